The van der Waals surface area contributed by atoms with E-state index in [1.54, 1.807) is 11.0 Å². The maximum Gasteiger partial charge on any atom is 0.321 e. The van der Waals surface area contributed by atoms with Crippen molar-refractivity contribution in [3.05, 3.63) is 11.8 Å². The molecule has 0 radical (unpaired) electrons. The molecule has 0 aromatic heterocycles. The molecule has 1 N–H and O–H groups in total. The number of nitrogens with zero attached hydrogens (tertiary/aromatic N) is 1. The average molecular weight is 166 g/mol. The first-order chi connectivity index (χ1) is 5.77. The van der Waals surface area contributed by atoms with E-state index in [1.807, 2.05) is 0 Å². The summed E-state index contributed by atoms with van der Waals surface area (Å²) in [6.45, 7) is 1.38. The molecule has 2 rings (SSSR count). The van der Waals surface area contributed by atoms with E-state index in [0.717, 1.165) is 5.70 Å². The van der Waals surface area contributed by atoms with Crippen molar-refractivity contribution >= 4 is 11.8 Å². The molecule has 2 amide bonds. The molecule has 0 aromatic rings. The summed E-state index contributed by atoms with van der Waals surface area (Å²) in [6.07, 6.45) is 2.84. The van der Waals surface area contributed by atoms with Gasteiger partial charge in [0.05, 0.1) is 0 Å². The summed E-state index contributed by atoms with van der Waals surface area (Å²) in [7, 11) is 0. The topological polar surface area (TPSA) is 49.4 Å². The summed E-state index contributed by atoms with van der Waals surface area (Å²) in [5, 5.41) is 2.70. The van der Waals surface area contributed by atoms with Gasteiger partial charge in [-0.25, -0.2) is 4.79 Å². The number of carbonyl (C=O) groups is 2. The largest absolute Gasteiger partial charge is 0.336 e. The number of urea groups is 1. The lowest BCUT2D eigenvalue weighted by molar-refractivity contribution is -0.114. The van der Waals surface area contributed by atoms with Gasteiger partial charge < -0.3 is 5.32 Å². The van der Waals surface area contributed by atoms with Gasteiger partial charge in [0.25, 0.3) is 0 Å². The molecule has 64 valence electrons. The number of rotatable bonds is 1. The molecule has 0 spiro atoms. The highest BCUT2D eigenvalue weighted by Crippen LogP contribution is 2.20. The van der Waals surface area contributed by atoms with Crippen LogP contribution >= 0.6 is 0 Å². The zero-order valence-corrected chi connectivity index (χ0v) is 6.67. The van der Waals surface area contributed by atoms with Crippen molar-refractivity contribution in [2.24, 2.45) is 0 Å². The maximum absolute atomic E-state index is 11.1. The Hall–Kier alpha value is -1.32. The number of hydrogen-bond donors (Lipinski definition) is 1. The molecule has 1 heterocycles. The van der Waals surface area contributed by atoms with Gasteiger partial charge in [0.15, 0.2) is 5.78 Å². The monoisotopic (exact) mass is 166 g/mol. The first kappa shape index (κ1) is 7.34. The molecule has 0 unspecified atom stereocenters. The third-order valence-corrected chi connectivity index (χ3v) is 2.16. The highest BCUT2D eigenvalue weighted by molar-refractivity contribution is 5.94. The fraction of sp³-hybridized carbons (Fsp3) is 0.500. The second-order valence-corrected chi connectivity index (χ2v) is 2.99. The van der Waals surface area contributed by atoms with Crippen LogP contribution in [-0.4, -0.2) is 29.8 Å². The second-order valence-electron chi connectivity index (χ2n) is 2.99. The van der Waals surface area contributed by atoms with Crippen LogP contribution in [0.2, 0.25) is 0 Å². The van der Waals surface area contributed by atoms with Crippen LogP contribution < -0.4 is 5.32 Å². The van der Waals surface area contributed by atoms with Gasteiger partial charge in [-0.05, 0) is 6.42 Å². The molecule has 0 aromatic carbocycles. The number of amides is 2. The van der Waals surface area contributed by atoms with Crippen molar-refractivity contribution in [2.75, 3.05) is 13.1 Å². The fourth-order valence-electron chi connectivity index (χ4n) is 1.54. The van der Waals surface area contributed by atoms with Gasteiger partial charge in [0.1, 0.15) is 0 Å². The number of carbonyl (C=O) groups excluding carboxylic acids is 2. The van der Waals surface area contributed by atoms with Crippen molar-refractivity contribution in [2.45, 2.75) is 12.8 Å². The van der Waals surface area contributed by atoms with E-state index >= 15 is 0 Å². The molecule has 4 nitrogen and oxygen atoms in total. The Labute approximate surface area is 70.2 Å². The van der Waals surface area contributed by atoms with Crippen LogP contribution in [0.15, 0.2) is 11.8 Å². The molecular weight excluding hydrogens is 156 g/mol. The van der Waals surface area contributed by atoms with Gasteiger partial charge in [-0.1, -0.05) is 0 Å². The predicted molar refractivity (Wildman–Crippen MR) is 42.4 cm³/mol. The van der Waals surface area contributed by atoms with Gasteiger partial charge in [-0.15, -0.1) is 0 Å². The van der Waals surface area contributed by atoms with E-state index in [9.17, 15) is 9.59 Å². The molecule has 1 aliphatic carbocycles. The summed E-state index contributed by atoms with van der Waals surface area (Å²) in [5.74, 6) is 0.129. The molecule has 0 atom stereocenters. The lowest BCUT2D eigenvalue weighted by Crippen LogP contribution is -2.26. The molecule has 1 aliphatic heterocycles. The van der Waals surface area contributed by atoms with Crippen LogP contribution in [0.25, 0.3) is 0 Å². The van der Waals surface area contributed by atoms with Crippen LogP contribution in [0.3, 0.4) is 0 Å². The Kier molecular flexibility index (Phi) is 1.60. The molecule has 0 saturated carbocycles. The lowest BCUT2D eigenvalue weighted by atomic mass is 10.3. The van der Waals surface area contributed by atoms with Gasteiger partial charge in [-0.2, -0.15) is 0 Å². The Morgan fingerprint density at radius 3 is 2.67 bits per heavy atom. The van der Waals surface area contributed by atoms with E-state index in [-0.39, 0.29) is 11.8 Å². The molecular formula is C8H10N2O2. The SMILES string of the molecule is O=C1C=C(N2CCNC2=O)CC1. The van der Waals surface area contributed by atoms with Crippen LogP contribution in [0.5, 0.6) is 0 Å². The summed E-state index contributed by atoms with van der Waals surface area (Å²) < 4.78 is 0. The number of hydrogen-bond acceptors (Lipinski definition) is 2. The summed E-state index contributed by atoms with van der Waals surface area (Å²) in [6, 6.07) is -0.0732. The number of ketones is 1. The lowest BCUT2D eigenvalue weighted by Gasteiger charge is -2.13. The normalized spacial score (nSPS) is 23.0. The minimum absolute atomic E-state index is 0.0732. The van der Waals surface area contributed by atoms with Crippen LogP contribution in [0.1, 0.15) is 12.8 Å². The van der Waals surface area contributed by atoms with Crippen molar-refractivity contribution < 1.29 is 9.59 Å². The minimum Gasteiger partial charge on any atom is -0.336 e. The standard InChI is InChI=1S/C8H10N2O2/c11-7-2-1-6(5-7)10-4-3-9-8(10)12/h5H,1-4H2,(H,9,12). The third-order valence-electron chi connectivity index (χ3n) is 2.16. The van der Waals surface area contributed by atoms with Gasteiger partial charge in [0.2, 0.25) is 0 Å². The second kappa shape index (κ2) is 2.62. The maximum atomic E-state index is 11.1. The zero-order valence-electron chi connectivity index (χ0n) is 6.67. The zero-order chi connectivity index (χ0) is 8.55. The smallest absolute Gasteiger partial charge is 0.321 e. The number of allylic oxidation sites excluding steroid dienone is 2. The summed E-state index contributed by atoms with van der Waals surface area (Å²) in [5.41, 5.74) is 0.870. The van der Waals surface area contributed by atoms with E-state index in [4.69, 9.17) is 0 Å². The minimum atomic E-state index is -0.0732. The quantitative estimate of drug-likeness (QED) is 0.607. The van der Waals surface area contributed by atoms with Crippen LogP contribution in [-0.2, 0) is 4.79 Å². The van der Waals surface area contributed by atoms with E-state index in [1.165, 1.54) is 0 Å². The highest BCUT2D eigenvalue weighted by atomic mass is 16.2. The van der Waals surface area contributed by atoms with Crippen molar-refractivity contribution in [1.82, 2.24) is 10.2 Å². The van der Waals surface area contributed by atoms with Crippen molar-refractivity contribution in [3.8, 4) is 0 Å². The predicted octanol–water partition coefficient (Wildman–Crippen LogP) is 0.258. The van der Waals surface area contributed by atoms with Gasteiger partial charge >= 0.3 is 6.03 Å². The number of nitrogens with one attached hydrogen (secondary N) is 1. The molecule has 4 heteroatoms. The molecule has 1 fully saturated rings. The third kappa shape index (κ3) is 1.09. The van der Waals surface area contributed by atoms with E-state index < -0.39 is 0 Å². The van der Waals surface area contributed by atoms with Crippen LogP contribution in [0, 0.1) is 0 Å². The Bertz CT molecular complexity index is 270. The Morgan fingerprint density at radius 1 is 1.33 bits per heavy atom. The van der Waals surface area contributed by atoms with E-state index in [0.29, 0.717) is 25.9 Å². The Morgan fingerprint density at radius 2 is 2.17 bits per heavy atom. The highest BCUT2D eigenvalue weighted by Gasteiger charge is 2.26. The van der Waals surface area contributed by atoms with Gasteiger partial charge in [0, 0.05) is 31.3 Å². The first-order valence-corrected chi connectivity index (χ1v) is 4.06. The summed E-state index contributed by atoms with van der Waals surface area (Å²) in [4.78, 5) is 23.7. The molecule has 0 bridgehead atoms. The van der Waals surface area contributed by atoms with E-state index in [2.05, 4.69) is 5.32 Å². The molecule has 1 saturated heterocycles. The fourth-order valence-corrected chi connectivity index (χ4v) is 1.54. The Balaban J connectivity index is 2.14. The average Bonchev–Trinajstić information content (AvgIpc) is 2.58. The van der Waals surface area contributed by atoms with Crippen molar-refractivity contribution in [1.29, 1.82) is 0 Å². The first-order valence-electron chi connectivity index (χ1n) is 4.06. The van der Waals surface area contributed by atoms with Crippen molar-refractivity contribution in [3.63, 3.8) is 0 Å². The summed E-state index contributed by atoms with van der Waals surface area (Å²) >= 11 is 0. The molecule has 12 heavy (non-hydrogen) atoms. The van der Waals surface area contributed by atoms with Gasteiger partial charge in [-0.3, -0.25) is 9.69 Å². The molecule has 2 aliphatic rings. The van der Waals surface area contributed by atoms with Crippen LogP contribution in [0.4, 0.5) is 4.79 Å².